The predicted octanol–water partition coefficient (Wildman–Crippen LogP) is 4.62. The second kappa shape index (κ2) is 6.50. The number of ketones is 1. The van der Waals surface area contributed by atoms with E-state index in [1.54, 1.807) is 12.1 Å². The van der Waals surface area contributed by atoms with Crippen molar-refractivity contribution in [2.45, 2.75) is 19.3 Å². The number of benzene rings is 2. The van der Waals surface area contributed by atoms with Crippen LogP contribution in [0.25, 0.3) is 0 Å². The number of carbonyl (C=O) groups excluding carboxylic acids is 1. The van der Waals surface area contributed by atoms with E-state index in [-0.39, 0.29) is 17.4 Å². The molecule has 4 nitrogen and oxygen atoms in total. The SMILES string of the molecule is C[C@H](CC(=O)c1ccc([N+](=O)[O-])cc1)c1ccc(Cl)cc1. The number of nitro benzene ring substituents is 1. The topological polar surface area (TPSA) is 60.2 Å². The molecular weight excluding hydrogens is 290 g/mol. The Morgan fingerprint density at radius 1 is 1.14 bits per heavy atom. The fourth-order valence-electron chi connectivity index (χ4n) is 2.07. The molecule has 2 rings (SSSR count). The van der Waals surface area contributed by atoms with Crippen molar-refractivity contribution < 1.29 is 9.72 Å². The van der Waals surface area contributed by atoms with Crippen LogP contribution in [0.2, 0.25) is 5.02 Å². The maximum atomic E-state index is 12.2. The molecule has 21 heavy (non-hydrogen) atoms. The number of hydrogen-bond donors (Lipinski definition) is 0. The number of Topliss-reactive ketones (excluding diaryl/α,β-unsaturated/α-hetero) is 1. The molecule has 0 spiro atoms. The highest BCUT2D eigenvalue weighted by Gasteiger charge is 2.14. The molecule has 0 heterocycles. The van der Waals surface area contributed by atoms with Crippen molar-refractivity contribution >= 4 is 23.1 Å². The molecule has 1 atom stereocenters. The predicted molar refractivity (Wildman–Crippen MR) is 81.9 cm³/mol. The number of hydrogen-bond acceptors (Lipinski definition) is 3. The molecule has 0 amide bonds. The van der Waals surface area contributed by atoms with Gasteiger partial charge in [-0.2, -0.15) is 0 Å². The van der Waals surface area contributed by atoms with Crippen molar-refractivity contribution in [3.8, 4) is 0 Å². The highest BCUT2D eigenvalue weighted by molar-refractivity contribution is 6.30. The first-order chi connectivity index (χ1) is 9.97. The molecule has 2 aromatic carbocycles. The molecule has 0 aliphatic heterocycles. The van der Waals surface area contributed by atoms with Gasteiger partial charge >= 0.3 is 0 Å². The van der Waals surface area contributed by atoms with Crippen molar-refractivity contribution in [3.05, 3.63) is 74.8 Å². The van der Waals surface area contributed by atoms with Crippen molar-refractivity contribution in [1.29, 1.82) is 0 Å². The van der Waals surface area contributed by atoms with Crippen molar-refractivity contribution in [2.24, 2.45) is 0 Å². The fraction of sp³-hybridized carbons (Fsp3) is 0.188. The molecule has 5 heteroatoms. The van der Waals surface area contributed by atoms with Gasteiger partial charge in [0.25, 0.3) is 5.69 Å². The van der Waals surface area contributed by atoms with Crippen LogP contribution in [0.1, 0.15) is 35.2 Å². The summed E-state index contributed by atoms with van der Waals surface area (Å²) in [5.74, 6) is 0.0253. The molecule has 108 valence electrons. The zero-order valence-electron chi connectivity index (χ0n) is 11.5. The summed E-state index contributed by atoms with van der Waals surface area (Å²) < 4.78 is 0. The van der Waals surface area contributed by atoms with Gasteiger partial charge in [0.05, 0.1) is 4.92 Å². The summed E-state index contributed by atoms with van der Waals surface area (Å²) >= 11 is 5.84. The Labute approximate surface area is 127 Å². The van der Waals surface area contributed by atoms with Crippen LogP contribution in [0.15, 0.2) is 48.5 Å². The molecule has 0 saturated heterocycles. The lowest BCUT2D eigenvalue weighted by Crippen LogP contribution is -2.05. The number of non-ortho nitro benzene ring substituents is 1. The number of rotatable bonds is 5. The lowest BCUT2D eigenvalue weighted by Gasteiger charge is -2.11. The molecule has 0 bridgehead atoms. The van der Waals surface area contributed by atoms with Gasteiger partial charge in [-0.05, 0) is 35.7 Å². The number of carbonyl (C=O) groups is 1. The van der Waals surface area contributed by atoms with Gasteiger partial charge in [-0.15, -0.1) is 0 Å². The van der Waals surface area contributed by atoms with Crippen LogP contribution in [0.5, 0.6) is 0 Å². The van der Waals surface area contributed by atoms with E-state index in [0.29, 0.717) is 17.0 Å². The molecular formula is C16H14ClNO3. The molecule has 0 aliphatic rings. The Balaban J connectivity index is 2.06. The minimum absolute atomic E-state index is 0.0164. The molecule has 2 aromatic rings. The quantitative estimate of drug-likeness (QED) is 0.460. The second-order valence-electron chi connectivity index (χ2n) is 4.88. The van der Waals surface area contributed by atoms with Crippen LogP contribution in [0.3, 0.4) is 0 Å². The molecule has 0 N–H and O–H groups in total. The molecule has 0 aromatic heterocycles. The highest BCUT2D eigenvalue weighted by atomic mass is 35.5. The first-order valence-electron chi connectivity index (χ1n) is 6.50. The molecule has 0 unspecified atom stereocenters. The maximum Gasteiger partial charge on any atom is 0.269 e. The summed E-state index contributed by atoms with van der Waals surface area (Å²) in [6, 6.07) is 13.1. The lowest BCUT2D eigenvalue weighted by molar-refractivity contribution is -0.384. The number of nitrogens with zero attached hydrogens (tertiary/aromatic N) is 1. The van der Waals surface area contributed by atoms with Crippen LogP contribution in [0.4, 0.5) is 5.69 Å². The third kappa shape index (κ3) is 3.89. The standard InChI is InChI=1S/C16H14ClNO3/c1-11(12-2-6-14(17)7-3-12)10-16(19)13-4-8-15(9-5-13)18(20)21/h2-9,11H,10H2,1H3/t11-/m1/s1. The third-order valence-electron chi connectivity index (χ3n) is 3.33. The number of halogens is 1. The van der Waals surface area contributed by atoms with Gasteiger partial charge < -0.3 is 0 Å². The first-order valence-corrected chi connectivity index (χ1v) is 6.88. The summed E-state index contributed by atoms with van der Waals surface area (Å²) in [6.07, 6.45) is 0.347. The minimum atomic E-state index is -0.482. The van der Waals surface area contributed by atoms with Crippen LogP contribution in [0, 0.1) is 10.1 Å². The Kier molecular flexibility index (Phi) is 4.70. The van der Waals surface area contributed by atoms with E-state index in [0.717, 1.165) is 5.56 Å². The fourth-order valence-corrected chi connectivity index (χ4v) is 2.20. The van der Waals surface area contributed by atoms with E-state index in [4.69, 9.17) is 11.6 Å². The molecule has 0 fully saturated rings. The Morgan fingerprint density at radius 3 is 2.24 bits per heavy atom. The molecule has 0 aliphatic carbocycles. The number of nitro groups is 1. The van der Waals surface area contributed by atoms with Gasteiger partial charge in [0, 0.05) is 29.1 Å². The third-order valence-corrected chi connectivity index (χ3v) is 3.58. The van der Waals surface area contributed by atoms with E-state index < -0.39 is 4.92 Å². The maximum absolute atomic E-state index is 12.2. The highest BCUT2D eigenvalue weighted by Crippen LogP contribution is 2.23. The van der Waals surface area contributed by atoms with Crippen LogP contribution in [-0.4, -0.2) is 10.7 Å². The smallest absolute Gasteiger partial charge is 0.269 e. The van der Waals surface area contributed by atoms with E-state index >= 15 is 0 Å². The van der Waals surface area contributed by atoms with E-state index in [2.05, 4.69) is 0 Å². The normalized spacial score (nSPS) is 11.9. The van der Waals surface area contributed by atoms with Crippen LogP contribution >= 0.6 is 11.6 Å². The zero-order chi connectivity index (χ0) is 15.4. The van der Waals surface area contributed by atoms with Gasteiger partial charge in [0.1, 0.15) is 0 Å². The summed E-state index contributed by atoms with van der Waals surface area (Å²) in [6.45, 7) is 1.96. The lowest BCUT2D eigenvalue weighted by atomic mass is 9.93. The van der Waals surface area contributed by atoms with Crippen LogP contribution < -0.4 is 0 Å². The van der Waals surface area contributed by atoms with E-state index in [9.17, 15) is 14.9 Å². The largest absolute Gasteiger partial charge is 0.294 e. The summed E-state index contributed by atoms with van der Waals surface area (Å²) in [4.78, 5) is 22.3. The second-order valence-corrected chi connectivity index (χ2v) is 5.32. The van der Waals surface area contributed by atoms with Crippen LogP contribution in [-0.2, 0) is 0 Å². The Hall–Kier alpha value is -2.20. The van der Waals surface area contributed by atoms with Gasteiger partial charge in [-0.1, -0.05) is 30.7 Å². The monoisotopic (exact) mass is 303 g/mol. The average Bonchev–Trinajstić information content (AvgIpc) is 2.47. The van der Waals surface area contributed by atoms with Crippen molar-refractivity contribution in [3.63, 3.8) is 0 Å². The van der Waals surface area contributed by atoms with Gasteiger partial charge in [0.2, 0.25) is 0 Å². The summed E-state index contributed by atoms with van der Waals surface area (Å²) in [5.41, 5.74) is 1.51. The van der Waals surface area contributed by atoms with Crippen molar-refractivity contribution in [2.75, 3.05) is 0 Å². The summed E-state index contributed by atoms with van der Waals surface area (Å²) in [7, 11) is 0. The van der Waals surface area contributed by atoms with Gasteiger partial charge in [-0.25, -0.2) is 0 Å². The average molecular weight is 304 g/mol. The van der Waals surface area contributed by atoms with Gasteiger partial charge in [0.15, 0.2) is 5.78 Å². The van der Waals surface area contributed by atoms with Crippen molar-refractivity contribution in [1.82, 2.24) is 0 Å². The van der Waals surface area contributed by atoms with E-state index in [1.807, 2.05) is 19.1 Å². The molecule has 0 saturated carbocycles. The van der Waals surface area contributed by atoms with Gasteiger partial charge in [-0.3, -0.25) is 14.9 Å². The summed E-state index contributed by atoms with van der Waals surface area (Å²) in [5, 5.41) is 11.2. The first kappa shape index (κ1) is 15.2. The zero-order valence-corrected chi connectivity index (χ0v) is 12.2. The van der Waals surface area contributed by atoms with E-state index in [1.165, 1.54) is 24.3 Å². The minimum Gasteiger partial charge on any atom is -0.294 e. The Bertz CT molecular complexity index is 650. The Morgan fingerprint density at radius 2 is 1.71 bits per heavy atom. The molecule has 0 radical (unpaired) electrons.